The Balaban J connectivity index is -0.0000000960. The van der Waals surface area contributed by atoms with E-state index in [4.69, 9.17) is 0 Å². The number of aryl methyl sites for hydroxylation is 1. The Labute approximate surface area is 840 Å². The van der Waals surface area contributed by atoms with E-state index >= 15 is 0 Å². The minimum atomic E-state index is 0.120. The first-order valence-corrected chi connectivity index (χ1v) is 50.2. The van der Waals surface area contributed by atoms with E-state index in [0.717, 1.165) is 73.9 Å². The third-order valence-electron chi connectivity index (χ3n) is 16.6. The molecule has 0 radical (unpaired) electrons. The van der Waals surface area contributed by atoms with Crippen molar-refractivity contribution in [2.24, 2.45) is 135 Å². The van der Waals surface area contributed by atoms with Crippen molar-refractivity contribution in [2.75, 3.05) is 97.2 Å². The van der Waals surface area contributed by atoms with Crippen LogP contribution in [-0.2, 0) is 0 Å². The van der Waals surface area contributed by atoms with E-state index in [0.29, 0.717) is 29.8 Å². The van der Waals surface area contributed by atoms with Crippen LogP contribution in [0, 0.1) is 46.8 Å². The standard InChI is InChI=1S/C10H21N.C9H11N.C8H15N.C8H9N.C8H15N.C8H9N.C8H17N.4C6H13N.3C5H11N.3C4H9N.2C3H7N/c1-9(2,3)8(11-7)10(4,5)6;1-3-10-9-6-4-8(2)5-7-9;2*1-9-7-8-5-3-2-4-6-8;2*1-2-9-8-6-4-3-5-7-8;1-6(2)8(9-5)7(3)4;1-6(2,3)5-7-4;1-5-7-6(2,3)4;1-4-6(5-2)7-3;1-3-5-6-7-4-2;1-5(2)4-6-3;1-4-6-5(2)3;1-3-5-6-4-2;1-4(2)5-3;1-3-4-5-2;1-3-5-4-2;2*1-3-4-2/h1-7H3;3-7H,1-2H3;7-8H,2-6H2,1H3;2-7H,1H3;2,8H,3-7H2,1H3;2-7H,1H3;6-7H,1-5H3;2*5H,1-4H3;4-5H2,1-3H3;4H,3,5-6H2,1-2H3;2*4-5H,1-3H3;4H,3,5H2,1-2H3;1-3H3;4H,3H2,1-2H3;3H,4H2,1-2H3;2*3H,1-2H3. The lowest BCUT2D eigenvalue weighted by atomic mass is 9.75. The third-order valence-corrected chi connectivity index (χ3v) is 16.6. The number of hydrogen-bond donors (Lipinski definition) is 0. The average molecular weight is 1880 g/mol. The molecule has 0 unspecified atom stereocenters. The lowest BCUT2D eigenvalue weighted by Gasteiger charge is -2.31. The maximum absolute atomic E-state index is 4.36. The van der Waals surface area contributed by atoms with E-state index < -0.39 is 0 Å². The molecule has 0 saturated heterocycles. The maximum atomic E-state index is 4.36. The molecular weight excluding hydrogens is 1660 g/mol. The molecule has 2 saturated carbocycles. The molecule has 3 aromatic rings. The fraction of sp³-hybridized carbons (Fsp3) is 0.681. The second-order valence-electron chi connectivity index (χ2n) is 35.7. The van der Waals surface area contributed by atoms with Crippen LogP contribution in [0.25, 0.3) is 0 Å². The third kappa shape index (κ3) is 166. The van der Waals surface area contributed by atoms with Crippen LogP contribution in [0.2, 0.25) is 0 Å². The van der Waals surface area contributed by atoms with Gasteiger partial charge in [-0.2, -0.15) is 0 Å². The normalized spacial score (nSPS) is 12.4. The van der Waals surface area contributed by atoms with E-state index in [1.165, 1.54) is 99.7 Å². The smallest absolute Gasteiger partial charge is 0.0625 e. The maximum Gasteiger partial charge on any atom is 0.0625 e. The number of rotatable bonds is 18. The summed E-state index contributed by atoms with van der Waals surface area (Å²) < 4.78 is 0. The molecule has 0 spiro atoms. The van der Waals surface area contributed by atoms with Gasteiger partial charge in [-0.1, -0.05) is 250 Å². The van der Waals surface area contributed by atoms with Crippen molar-refractivity contribution in [3.05, 3.63) is 96.1 Å². The Morgan fingerprint density at radius 2 is 0.844 bits per heavy atom. The minimum Gasteiger partial charge on any atom is -0.301 e. The first kappa shape index (κ1) is 157. The van der Waals surface area contributed by atoms with Gasteiger partial charge in [0.15, 0.2) is 0 Å². The highest BCUT2D eigenvalue weighted by Crippen LogP contribution is 2.30. The topological polar surface area (TPSA) is 235 Å². The summed E-state index contributed by atoms with van der Waals surface area (Å²) >= 11 is 0. The summed E-state index contributed by atoms with van der Waals surface area (Å²) in [5.74, 6) is 2.63. The van der Waals surface area contributed by atoms with Gasteiger partial charge in [-0.25, -0.2) is 0 Å². The second kappa shape index (κ2) is 125. The average Bonchev–Trinajstić information content (AvgIpc) is 0.838. The van der Waals surface area contributed by atoms with Crippen LogP contribution >= 0.6 is 0 Å². The van der Waals surface area contributed by atoms with Gasteiger partial charge in [-0.3, -0.25) is 64.9 Å². The van der Waals surface area contributed by atoms with Crippen LogP contribution in [0.4, 0.5) is 11.4 Å². The molecule has 2 aliphatic rings. The van der Waals surface area contributed by atoms with Crippen LogP contribution in [0.15, 0.2) is 180 Å². The van der Waals surface area contributed by atoms with Gasteiger partial charge >= 0.3 is 0 Å². The first-order valence-electron chi connectivity index (χ1n) is 50.2. The Hall–Kier alpha value is -8.61. The van der Waals surface area contributed by atoms with Gasteiger partial charge in [0.1, 0.15) is 0 Å². The number of unbranched alkanes of at least 4 members (excludes halogenated alkanes) is 1. The van der Waals surface area contributed by atoms with Crippen LogP contribution in [-0.4, -0.2) is 231 Å². The zero-order chi connectivity index (χ0) is 107. The van der Waals surface area contributed by atoms with E-state index in [1.54, 1.807) is 80.4 Å². The number of hydrogen-bond acceptors (Lipinski definition) is 19. The molecular formula is C116H223N19. The quantitative estimate of drug-likeness (QED) is 0.0854. The molecule has 135 heavy (non-hydrogen) atoms. The molecule has 19 heteroatoms. The molecule has 3 aromatic carbocycles. The summed E-state index contributed by atoms with van der Waals surface area (Å²) in [7, 11) is 19.9. The molecule has 2 aliphatic carbocycles. The van der Waals surface area contributed by atoms with Gasteiger partial charge in [-0.05, 0) is 304 Å². The van der Waals surface area contributed by atoms with Crippen LogP contribution in [0.3, 0.4) is 0 Å². The predicted octanol–water partition coefficient (Wildman–Crippen LogP) is 33.4. The van der Waals surface area contributed by atoms with Crippen molar-refractivity contribution >= 4 is 127 Å². The van der Waals surface area contributed by atoms with Gasteiger partial charge in [0.25, 0.3) is 0 Å². The zero-order valence-electron chi connectivity index (χ0n) is 98.1. The minimum absolute atomic E-state index is 0.120. The van der Waals surface area contributed by atoms with Gasteiger partial charge in [-0.15, -0.1) is 0 Å². The summed E-state index contributed by atoms with van der Waals surface area (Å²) in [4.78, 5) is 75.5. The summed E-state index contributed by atoms with van der Waals surface area (Å²) in [6, 6.07) is 29.2. The summed E-state index contributed by atoms with van der Waals surface area (Å²) in [5, 5.41) is 0. The molecule has 0 aliphatic heterocycles. The highest BCUT2D eigenvalue weighted by Gasteiger charge is 2.29. The van der Waals surface area contributed by atoms with E-state index in [-0.39, 0.29) is 21.8 Å². The SMILES string of the molecule is CC=NC.CC=NC.CC=NC(C)(C)C.CC=NC(C)C.CC=NC1CCCCC1.CC=NCC.CC=NCCC.CC=NCCCC.CC=Nc1ccc(C)cc1.CC=Nc1ccccc1.CCC(CC)=NC.CCC=NC.CN=C(C(C)(C)C)C(C)(C)C.CN=C(C(C)C)C(C)C.CN=C(C)C.CN=CC(C)(C)C.CN=CC(C)C.CN=CC1CCCCC1.CN=Cc1ccccc1. The lowest BCUT2D eigenvalue weighted by Crippen LogP contribution is -2.32. The molecule has 19 nitrogen and oxygen atoms in total. The summed E-state index contributed by atoms with van der Waals surface area (Å²) in [6.45, 7) is 83.7. The molecule has 0 heterocycles. The van der Waals surface area contributed by atoms with Crippen LogP contribution in [0.1, 0.15) is 377 Å². The van der Waals surface area contributed by atoms with Crippen LogP contribution in [0.5, 0.6) is 0 Å². The molecule has 5 rings (SSSR count). The first-order chi connectivity index (χ1) is 63.6. The fourth-order valence-corrected chi connectivity index (χ4v) is 11.0. The highest BCUT2D eigenvalue weighted by atomic mass is 14.8. The molecule has 2 fully saturated rings. The van der Waals surface area contributed by atoms with Gasteiger partial charge in [0.2, 0.25) is 0 Å². The monoisotopic (exact) mass is 1880 g/mol. The van der Waals surface area contributed by atoms with Crippen molar-refractivity contribution < 1.29 is 0 Å². The molecule has 0 atom stereocenters. The van der Waals surface area contributed by atoms with Crippen molar-refractivity contribution in [3.8, 4) is 0 Å². The predicted molar refractivity (Wildman–Crippen MR) is 640 cm³/mol. The van der Waals surface area contributed by atoms with Crippen LogP contribution < -0.4 is 0 Å². The van der Waals surface area contributed by atoms with Gasteiger partial charge in [0, 0.05) is 180 Å². The van der Waals surface area contributed by atoms with Gasteiger partial charge < -0.3 is 30.0 Å². The molecule has 0 bridgehead atoms. The number of para-hydroxylation sites is 1. The largest absolute Gasteiger partial charge is 0.301 e. The van der Waals surface area contributed by atoms with Crippen molar-refractivity contribution in [1.29, 1.82) is 0 Å². The van der Waals surface area contributed by atoms with Crippen molar-refractivity contribution in [2.45, 2.75) is 390 Å². The van der Waals surface area contributed by atoms with Crippen molar-refractivity contribution in [3.63, 3.8) is 0 Å². The van der Waals surface area contributed by atoms with E-state index in [1.807, 2.05) is 247 Å². The lowest BCUT2D eigenvalue weighted by molar-refractivity contribution is 0.444. The Morgan fingerprint density at radius 1 is 0.415 bits per heavy atom. The van der Waals surface area contributed by atoms with E-state index in [9.17, 15) is 0 Å². The number of benzene rings is 3. The molecule has 782 valence electrons. The summed E-state index contributed by atoms with van der Waals surface area (Å²) in [6.07, 6.45) is 48.6. The number of nitrogens with zero attached hydrogens (tertiary/aromatic N) is 19. The summed E-state index contributed by atoms with van der Waals surface area (Å²) in [5.41, 5.74) is 10.3. The Kier molecular flexibility index (Phi) is 146. The Bertz CT molecular complexity index is 3230. The van der Waals surface area contributed by atoms with Crippen molar-refractivity contribution in [1.82, 2.24) is 0 Å². The second-order valence-corrected chi connectivity index (χ2v) is 35.7. The zero-order valence-corrected chi connectivity index (χ0v) is 98.1. The highest BCUT2D eigenvalue weighted by molar-refractivity contribution is 5.93. The Morgan fingerprint density at radius 3 is 1.04 bits per heavy atom. The van der Waals surface area contributed by atoms with Gasteiger partial charge in [0.05, 0.1) is 16.9 Å². The number of aliphatic imine (C=N–C) groups is 19. The fourth-order valence-electron chi connectivity index (χ4n) is 11.0. The molecule has 0 amide bonds. The van der Waals surface area contributed by atoms with E-state index in [2.05, 4.69) is 293 Å². The molecule has 0 aromatic heterocycles. The molecule has 0 N–H and O–H groups in total.